The van der Waals surface area contributed by atoms with Crippen LogP contribution >= 0.6 is 11.6 Å². The Hall–Kier alpha value is -2.75. The number of amides is 1. The van der Waals surface area contributed by atoms with E-state index in [4.69, 9.17) is 11.6 Å². The fourth-order valence-electron chi connectivity index (χ4n) is 3.49. The van der Waals surface area contributed by atoms with Crippen LogP contribution in [0, 0.1) is 6.92 Å². The number of carbonyl (C=O) groups is 1. The second-order valence-corrected chi connectivity index (χ2v) is 9.74. The highest BCUT2D eigenvalue weighted by molar-refractivity contribution is 7.88. The molecule has 1 aromatic heterocycles. The molecular formula is C21H22ClN5O3S. The van der Waals surface area contributed by atoms with E-state index in [1.54, 1.807) is 48.2 Å². The Labute approximate surface area is 186 Å². The first kappa shape index (κ1) is 21.5. The molecule has 8 nitrogen and oxygen atoms in total. The second kappa shape index (κ2) is 8.78. The lowest BCUT2D eigenvalue weighted by Crippen LogP contribution is -2.50. The molecule has 0 bridgehead atoms. The zero-order valence-electron chi connectivity index (χ0n) is 17.0. The molecule has 1 aliphatic heterocycles. The van der Waals surface area contributed by atoms with E-state index in [0.29, 0.717) is 29.5 Å². The summed E-state index contributed by atoms with van der Waals surface area (Å²) in [5.74, 6) is -0.305. The maximum Gasteiger partial charge on any atom is 0.276 e. The number of sulfonamides is 1. The summed E-state index contributed by atoms with van der Waals surface area (Å²) in [4.78, 5) is 16.0. The molecule has 4 rings (SSSR count). The van der Waals surface area contributed by atoms with E-state index in [0.717, 1.165) is 5.56 Å². The van der Waals surface area contributed by atoms with Crippen LogP contribution in [0.1, 0.15) is 21.7 Å². The summed E-state index contributed by atoms with van der Waals surface area (Å²) in [6.45, 7) is 2.83. The van der Waals surface area contributed by atoms with Gasteiger partial charge < -0.3 is 4.90 Å². The standard InChI is InChI=1S/C21H22ClN5O3S/c1-16-20(24-27(23-16)19-9-5-8-18(22)14-19)21(28)25-10-12-26(13-11-25)31(29,30)15-17-6-3-2-4-7-17/h2-9,14H,10-13,15H2,1H3. The maximum atomic E-state index is 13.0. The van der Waals surface area contributed by atoms with Crippen molar-refractivity contribution in [1.29, 1.82) is 0 Å². The summed E-state index contributed by atoms with van der Waals surface area (Å²) in [5.41, 5.74) is 2.16. The van der Waals surface area contributed by atoms with Gasteiger partial charge in [0.1, 0.15) is 0 Å². The monoisotopic (exact) mass is 459 g/mol. The van der Waals surface area contributed by atoms with E-state index < -0.39 is 10.0 Å². The van der Waals surface area contributed by atoms with Gasteiger partial charge in [0.25, 0.3) is 5.91 Å². The molecule has 2 aromatic carbocycles. The van der Waals surface area contributed by atoms with Crippen molar-refractivity contribution in [2.24, 2.45) is 0 Å². The third kappa shape index (κ3) is 4.79. The van der Waals surface area contributed by atoms with E-state index in [2.05, 4.69) is 10.2 Å². The molecule has 0 atom stereocenters. The molecule has 0 saturated carbocycles. The minimum Gasteiger partial charge on any atom is -0.335 e. The quantitative estimate of drug-likeness (QED) is 0.585. The van der Waals surface area contributed by atoms with E-state index >= 15 is 0 Å². The highest BCUT2D eigenvalue weighted by Gasteiger charge is 2.31. The highest BCUT2D eigenvalue weighted by Crippen LogP contribution is 2.17. The normalized spacial score (nSPS) is 15.2. The number of aromatic nitrogens is 3. The average molecular weight is 460 g/mol. The van der Waals surface area contributed by atoms with Crippen LogP contribution in [0.15, 0.2) is 54.6 Å². The molecule has 0 N–H and O–H groups in total. The Morgan fingerprint density at radius 1 is 1.00 bits per heavy atom. The fourth-order valence-corrected chi connectivity index (χ4v) is 5.19. The molecule has 0 radical (unpaired) electrons. The van der Waals surface area contributed by atoms with Gasteiger partial charge in [0, 0.05) is 31.2 Å². The number of hydrogen-bond acceptors (Lipinski definition) is 5. The van der Waals surface area contributed by atoms with Gasteiger partial charge in [0.15, 0.2) is 5.69 Å². The summed E-state index contributed by atoms with van der Waals surface area (Å²) in [6, 6.07) is 16.1. The van der Waals surface area contributed by atoms with Gasteiger partial charge in [-0.3, -0.25) is 4.79 Å². The number of hydrogen-bond donors (Lipinski definition) is 0. The molecule has 10 heteroatoms. The largest absolute Gasteiger partial charge is 0.335 e. The van der Waals surface area contributed by atoms with Gasteiger partial charge >= 0.3 is 0 Å². The Balaban J connectivity index is 1.43. The van der Waals surface area contributed by atoms with Crippen LogP contribution in [0.2, 0.25) is 5.02 Å². The number of rotatable bonds is 5. The smallest absolute Gasteiger partial charge is 0.276 e. The lowest BCUT2D eigenvalue weighted by molar-refractivity contribution is 0.0690. The summed E-state index contributed by atoms with van der Waals surface area (Å²) in [7, 11) is -3.44. The molecule has 0 unspecified atom stereocenters. The first-order chi connectivity index (χ1) is 14.8. The Bertz CT molecular complexity index is 1190. The third-order valence-corrected chi connectivity index (χ3v) is 7.22. The van der Waals surface area contributed by atoms with Crippen molar-refractivity contribution in [3.8, 4) is 5.69 Å². The molecule has 1 aliphatic rings. The van der Waals surface area contributed by atoms with Crippen molar-refractivity contribution in [2.75, 3.05) is 26.2 Å². The van der Waals surface area contributed by atoms with Gasteiger partial charge in [0.2, 0.25) is 10.0 Å². The number of piperazine rings is 1. The predicted octanol–water partition coefficient (Wildman–Crippen LogP) is 2.52. The summed E-state index contributed by atoms with van der Waals surface area (Å²) in [5, 5.41) is 9.23. The minimum absolute atomic E-state index is 0.0468. The molecule has 0 spiro atoms. The number of benzene rings is 2. The van der Waals surface area contributed by atoms with Gasteiger partial charge in [-0.1, -0.05) is 48.0 Å². The Kier molecular flexibility index (Phi) is 6.08. The van der Waals surface area contributed by atoms with E-state index in [1.165, 1.54) is 9.10 Å². The topological polar surface area (TPSA) is 88.4 Å². The van der Waals surface area contributed by atoms with Crippen LogP contribution in [-0.4, -0.2) is 64.7 Å². The van der Waals surface area contributed by atoms with Gasteiger partial charge in [-0.05, 0) is 30.7 Å². The van der Waals surface area contributed by atoms with Crippen molar-refractivity contribution in [1.82, 2.24) is 24.2 Å². The van der Waals surface area contributed by atoms with Crippen LogP contribution in [0.25, 0.3) is 5.69 Å². The first-order valence-corrected chi connectivity index (χ1v) is 11.8. The van der Waals surface area contributed by atoms with E-state index in [1.807, 2.05) is 18.2 Å². The summed E-state index contributed by atoms with van der Waals surface area (Å²) >= 11 is 6.03. The molecule has 3 aromatic rings. The minimum atomic E-state index is -3.44. The predicted molar refractivity (Wildman–Crippen MR) is 118 cm³/mol. The Morgan fingerprint density at radius 3 is 2.39 bits per heavy atom. The van der Waals surface area contributed by atoms with Crippen molar-refractivity contribution in [3.05, 3.63) is 76.6 Å². The highest BCUT2D eigenvalue weighted by atomic mass is 35.5. The van der Waals surface area contributed by atoms with Crippen molar-refractivity contribution < 1.29 is 13.2 Å². The van der Waals surface area contributed by atoms with Gasteiger partial charge in [-0.25, -0.2) is 8.42 Å². The molecular weight excluding hydrogens is 438 g/mol. The number of carbonyl (C=O) groups excluding carboxylic acids is 1. The first-order valence-electron chi connectivity index (χ1n) is 9.84. The lowest BCUT2D eigenvalue weighted by atomic mass is 10.2. The van der Waals surface area contributed by atoms with Crippen molar-refractivity contribution in [3.63, 3.8) is 0 Å². The number of nitrogens with zero attached hydrogens (tertiary/aromatic N) is 5. The molecule has 1 amide bonds. The second-order valence-electron chi connectivity index (χ2n) is 7.34. The molecule has 162 valence electrons. The summed E-state index contributed by atoms with van der Waals surface area (Å²) in [6.07, 6.45) is 0. The molecule has 31 heavy (non-hydrogen) atoms. The molecule has 0 aliphatic carbocycles. The van der Waals surface area contributed by atoms with Crippen molar-refractivity contribution in [2.45, 2.75) is 12.7 Å². The summed E-state index contributed by atoms with van der Waals surface area (Å²) < 4.78 is 26.9. The van der Waals surface area contributed by atoms with Crippen LogP contribution in [-0.2, 0) is 15.8 Å². The molecule has 1 fully saturated rings. The van der Waals surface area contributed by atoms with Crippen molar-refractivity contribution >= 4 is 27.5 Å². The third-order valence-electron chi connectivity index (χ3n) is 5.13. The van der Waals surface area contributed by atoms with Crippen LogP contribution in [0.5, 0.6) is 0 Å². The van der Waals surface area contributed by atoms with Gasteiger partial charge in [-0.2, -0.15) is 14.2 Å². The average Bonchev–Trinajstić information content (AvgIpc) is 3.15. The molecule has 2 heterocycles. The van der Waals surface area contributed by atoms with E-state index in [9.17, 15) is 13.2 Å². The zero-order chi connectivity index (χ0) is 22.0. The van der Waals surface area contributed by atoms with Crippen LogP contribution in [0.3, 0.4) is 0 Å². The van der Waals surface area contributed by atoms with Gasteiger partial charge in [-0.15, -0.1) is 5.10 Å². The lowest BCUT2D eigenvalue weighted by Gasteiger charge is -2.33. The fraction of sp³-hybridized carbons (Fsp3) is 0.286. The molecule has 1 saturated heterocycles. The number of aryl methyl sites for hydroxylation is 1. The number of halogens is 1. The van der Waals surface area contributed by atoms with Crippen LogP contribution < -0.4 is 0 Å². The SMILES string of the molecule is Cc1nn(-c2cccc(Cl)c2)nc1C(=O)N1CCN(S(=O)(=O)Cc2ccccc2)CC1. The maximum absolute atomic E-state index is 13.0. The zero-order valence-corrected chi connectivity index (χ0v) is 18.6. The van der Waals surface area contributed by atoms with Gasteiger partial charge in [0.05, 0.1) is 17.1 Å². The Morgan fingerprint density at radius 2 is 1.71 bits per heavy atom. The van der Waals surface area contributed by atoms with Crippen LogP contribution in [0.4, 0.5) is 0 Å². The van der Waals surface area contributed by atoms with E-state index in [-0.39, 0.29) is 30.4 Å².